The molecule has 2 aliphatic carbocycles. The van der Waals surface area contributed by atoms with Gasteiger partial charge in [0.25, 0.3) is 5.92 Å². The minimum absolute atomic E-state index is 0.0978. The molecule has 0 amide bonds. The molecule has 0 spiro atoms. The van der Waals surface area contributed by atoms with Crippen molar-refractivity contribution in [2.75, 3.05) is 0 Å². The molecule has 0 atom stereocenters. The zero-order valence-corrected chi connectivity index (χ0v) is 21.9. The first-order valence-corrected chi connectivity index (χ1v) is 13.8. The molecule has 39 heavy (non-hydrogen) atoms. The van der Waals surface area contributed by atoms with E-state index < -0.39 is 47.6 Å². The lowest BCUT2D eigenvalue weighted by atomic mass is 9.74. The molecule has 0 aromatic heterocycles. The van der Waals surface area contributed by atoms with E-state index in [4.69, 9.17) is 0 Å². The Morgan fingerprint density at radius 2 is 1.33 bits per heavy atom. The van der Waals surface area contributed by atoms with Crippen molar-refractivity contribution in [3.8, 4) is 5.75 Å². The van der Waals surface area contributed by atoms with Gasteiger partial charge in [-0.1, -0.05) is 31.9 Å². The van der Waals surface area contributed by atoms with Crippen molar-refractivity contribution >= 4 is 0 Å². The zero-order valence-electron chi connectivity index (χ0n) is 21.9. The molecule has 0 saturated heterocycles. The Morgan fingerprint density at radius 3 is 1.87 bits per heavy atom. The van der Waals surface area contributed by atoms with Gasteiger partial charge in [0.2, 0.25) is 5.75 Å². The Bertz CT molecular complexity index is 1090. The smallest absolute Gasteiger partial charge is 0.399 e. The Balaban J connectivity index is 1.35. The van der Waals surface area contributed by atoms with Crippen LogP contribution in [0.25, 0.3) is 0 Å². The van der Waals surface area contributed by atoms with Crippen LogP contribution in [0, 0.1) is 29.3 Å². The van der Waals surface area contributed by atoms with Crippen LogP contribution in [-0.2, 0) is 6.42 Å². The molecule has 1 nitrogen and oxygen atoms in total. The first kappa shape index (κ1) is 29.7. The van der Waals surface area contributed by atoms with Crippen molar-refractivity contribution in [2.45, 2.75) is 102 Å². The van der Waals surface area contributed by atoms with Crippen LogP contribution in [0.2, 0.25) is 0 Å². The van der Waals surface area contributed by atoms with Crippen molar-refractivity contribution in [2.24, 2.45) is 11.8 Å². The Kier molecular flexibility index (Phi) is 9.16. The van der Waals surface area contributed by atoms with Crippen LogP contribution in [0.3, 0.4) is 0 Å². The first-order valence-electron chi connectivity index (χ1n) is 13.8. The van der Waals surface area contributed by atoms with Gasteiger partial charge in [0.15, 0.2) is 11.6 Å². The highest BCUT2D eigenvalue weighted by atomic mass is 19.4. The van der Waals surface area contributed by atoms with Gasteiger partial charge in [-0.2, -0.15) is 0 Å². The second-order valence-electron chi connectivity index (χ2n) is 11.2. The monoisotopic (exact) mass is 562 g/mol. The Morgan fingerprint density at radius 1 is 0.744 bits per heavy atom. The lowest BCUT2D eigenvalue weighted by molar-refractivity contribution is -0.276. The molecule has 4 rings (SSSR count). The van der Waals surface area contributed by atoms with Crippen molar-refractivity contribution in [1.29, 1.82) is 0 Å². The molecule has 216 valence electrons. The third-order valence-corrected chi connectivity index (χ3v) is 8.52. The minimum Gasteiger partial charge on any atom is -0.399 e. The number of ether oxygens (including phenoxy) is 1. The fourth-order valence-electron chi connectivity index (χ4n) is 6.49. The molecule has 0 radical (unpaired) electrons. The predicted molar refractivity (Wildman–Crippen MR) is 132 cm³/mol. The van der Waals surface area contributed by atoms with E-state index in [-0.39, 0.29) is 24.6 Å². The van der Waals surface area contributed by atoms with Crippen LogP contribution in [0.4, 0.5) is 35.1 Å². The molecule has 2 aromatic carbocycles. The van der Waals surface area contributed by atoms with Crippen molar-refractivity contribution in [3.05, 3.63) is 64.5 Å². The molecular formula is C30H34F8O. The second kappa shape index (κ2) is 12.0. The molecule has 2 fully saturated rings. The number of hydrogen-bond donors (Lipinski definition) is 0. The van der Waals surface area contributed by atoms with E-state index in [1.165, 1.54) is 12.8 Å². The van der Waals surface area contributed by atoms with Gasteiger partial charge >= 0.3 is 6.36 Å². The predicted octanol–water partition coefficient (Wildman–Crippen LogP) is 10.2. The summed E-state index contributed by atoms with van der Waals surface area (Å²) in [5, 5.41) is 0. The van der Waals surface area contributed by atoms with E-state index in [2.05, 4.69) is 11.7 Å². The lowest BCUT2D eigenvalue weighted by Gasteiger charge is -2.34. The minimum atomic E-state index is -5.32. The lowest BCUT2D eigenvalue weighted by Crippen LogP contribution is -2.34. The summed E-state index contributed by atoms with van der Waals surface area (Å²) in [6.45, 7) is 2.19. The fraction of sp³-hybridized carbons (Fsp3) is 0.600. The number of benzene rings is 2. The van der Waals surface area contributed by atoms with Crippen molar-refractivity contribution in [1.82, 2.24) is 0 Å². The summed E-state index contributed by atoms with van der Waals surface area (Å²) in [5.74, 6) is -8.90. The van der Waals surface area contributed by atoms with Crippen LogP contribution < -0.4 is 4.74 Å². The summed E-state index contributed by atoms with van der Waals surface area (Å²) >= 11 is 0. The van der Waals surface area contributed by atoms with Crippen LogP contribution in [0.15, 0.2) is 30.3 Å². The van der Waals surface area contributed by atoms with Crippen molar-refractivity contribution < 1.29 is 39.9 Å². The van der Waals surface area contributed by atoms with Crippen LogP contribution >= 0.6 is 0 Å². The number of rotatable bonds is 8. The molecule has 9 heteroatoms. The van der Waals surface area contributed by atoms with E-state index >= 15 is 13.2 Å². The number of alkyl halides is 5. The third kappa shape index (κ3) is 7.46. The SMILES string of the molecule is CCCC1CCC(c2ccc(C3CCC(C(F)(F)Cc4cc(F)c(OC(F)(F)F)c(F)c4)CC3)c(F)c2)CC1. The van der Waals surface area contributed by atoms with Crippen LogP contribution in [0.1, 0.15) is 99.7 Å². The summed E-state index contributed by atoms with van der Waals surface area (Å²) in [5.41, 5.74) is 1.07. The molecular weight excluding hydrogens is 528 g/mol. The highest BCUT2D eigenvalue weighted by Gasteiger charge is 2.42. The Labute approximate surface area is 223 Å². The average Bonchev–Trinajstić information content (AvgIpc) is 2.86. The van der Waals surface area contributed by atoms with Gasteiger partial charge in [-0.15, -0.1) is 13.2 Å². The molecule has 0 bridgehead atoms. The van der Waals surface area contributed by atoms with Crippen molar-refractivity contribution in [3.63, 3.8) is 0 Å². The third-order valence-electron chi connectivity index (χ3n) is 8.52. The molecule has 0 unspecified atom stereocenters. The van der Waals surface area contributed by atoms with Gasteiger partial charge in [-0.25, -0.2) is 22.0 Å². The first-order chi connectivity index (χ1) is 18.4. The summed E-state index contributed by atoms with van der Waals surface area (Å²) in [7, 11) is 0. The summed E-state index contributed by atoms with van der Waals surface area (Å²) in [6.07, 6.45) is 1.38. The van der Waals surface area contributed by atoms with E-state index in [9.17, 15) is 22.0 Å². The van der Waals surface area contributed by atoms with Crippen LogP contribution in [0.5, 0.6) is 5.75 Å². The molecule has 2 aliphatic rings. The van der Waals surface area contributed by atoms with Gasteiger partial charge < -0.3 is 4.74 Å². The van der Waals surface area contributed by atoms with Gasteiger partial charge in [0, 0.05) is 12.3 Å². The van der Waals surface area contributed by atoms with Gasteiger partial charge in [-0.3, -0.25) is 0 Å². The summed E-state index contributed by atoms with van der Waals surface area (Å²) < 4.78 is 114. The van der Waals surface area contributed by atoms with E-state index in [1.807, 2.05) is 6.07 Å². The normalized spacial score (nSPS) is 24.5. The standard InChI is InChI=1S/C30H34F8O/c1-2-3-18-4-6-20(7-5-18)22-10-13-24(25(31)16-22)21-8-11-23(12-9-21)29(34,35)17-19-14-26(32)28(27(33)15-19)39-30(36,37)38/h10,13-16,18,20-21,23H,2-9,11-12,17H2,1H3. The topological polar surface area (TPSA) is 9.23 Å². The zero-order chi connectivity index (χ0) is 28.4. The molecule has 0 N–H and O–H groups in total. The maximum absolute atomic E-state index is 15.1. The number of halogens is 8. The van der Waals surface area contributed by atoms with Gasteiger partial charge in [-0.05, 0) is 104 Å². The number of hydrogen-bond acceptors (Lipinski definition) is 1. The Hall–Kier alpha value is -2.32. The highest BCUT2D eigenvalue weighted by molar-refractivity contribution is 5.33. The molecule has 2 saturated carbocycles. The summed E-state index contributed by atoms with van der Waals surface area (Å²) in [6, 6.07) is 6.26. The maximum atomic E-state index is 15.1. The van der Waals surface area contributed by atoms with Gasteiger partial charge in [0.05, 0.1) is 0 Å². The van der Waals surface area contributed by atoms with Gasteiger partial charge in [0.1, 0.15) is 5.82 Å². The molecule has 0 aliphatic heterocycles. The fourth-order valence-corrected chi connectivity index (χ4v) is 6.49. The quantitative estimate of drug-likeness (QED) is 0.291. The van der Waals surface area contributed by atoms with E-state index in [0.717, 1.165) is 37.2 Å². The summed E-state index contributed by atoms with van der Waals surface area (Å²) in [4.78, 5) is 0. The second-order valence-corrected chi connectivity index (χ2v) is 11.2. The van der Waals surface area contributed by atoms with E-state index in [1.54, 1.807) is 12.1 Å². The average molecular weight is 563 g/mol. The highest BCUT2D eigenvalue weighted by Crippen LogP contribution is 2.45. The van der Waals surface area contributed by atoms with Crippen LogP contribution in [-0.4, -0.2) is 12.3 Å². The largest absolute Gasteiger partial charge is 0.573 e. The molecule has 0 heterocycles. The van der Waals surface area contributed by atoms with E-state index in [0.29, 0.717) is 36.5 Å². The molecule has 2 aromatic rings. The maximum Gasteiger partial charge on any atom is 0.573 e.